The molecule has 3 atom stereocenters. The fraction of sp³-hybridized carbons (Fsp3) is 1.00. The van der Waals surface area contributed by atoms with Gasteiger partial charge >= 0.3 is 0 Å². The van der Waals surface area contributed by atoms with Crippen LogP contribution in [0.2, 0.25) is 0 Å². The van der Waals surface area contributed by atoms with Crippen molar-refractivity contribution >= 4 is 0 Å². The van der Waals surface area contributed by atoms with E-state index in [-0.39, 0.29) is 6.10 Å². The fourth-order valence-electron chi connectivity index (χ4n) is 3.65. The maximum atomic E-state index is 5.86. The van der Waals surface area contributed by atoms with Crippen molar-refractivity contribution in [2.45, 2.75) is 50.9 Å². The van der Waals surface area contributed by atoms with Gasteiger partial charge in [-0.1, -0.05) is 6.42 Å². The van der Waals surface area contributed by atoms with Gasteiger partial charge in [0.25, 0.3) is 0 Å². The average Bonchev–Trinajstić information content (AvgIpc) is 2.32. The van der Waals surface area contributed by atoms with Crippen LogP contribution in [0.1, 0.15) is 32.6 Å². The topological polar surface area (TPSA) is 39.7 Å². The molecule has 18 heavy (non-hydrogen) atoms. The van der Waals surface area contributed by atoms with Crippen LogP contribution in [0.25, 0.3) is 0 Å². The SMILES string of the molecule is CCOC1CC(NCC2COCCO2)C12CCC2. The van der Waals surface area contributed by atoms with Crippen LogP contribution in [-0.2, 0) is 14.2 Å². The summed E-state index contributed by atoms with van der Waals surface area (Å²) in [5.74, 6) is 0. The van der Waals surface area contributed by atoms with Gasteiger partial charge in [0.15, 0.2) is 0 Å². The van der Waals surface area contributed by atoms with Gasteiger partial charge in [-0.2, -0.15) is 0 Å². The Kier molecular flexibility index (Phi) is 3.89. The molecular weight excluding hydrogens is 230 g/mol. The third kappa shape index (κ3) is 2.20. The van der Waals surface area contributed by atoms with Crippen LogP contribution < -0.4 is 5.32 Å². The molecule has 0 radical (unpaired) electrons. The van der Waals surface area contributed by atoms with E-state index >= 15 is 0 Å². The molecule has 1 saturated heterocycles. The summed E-state index contributed by atoms with van der Waals surface area (Å²) >= 11 is 0. The van der Waals surface area contributed by atoms with Crippen molar-refractivity contribution in [2.75, 3.05) is 33.0 Å². The lowest BCUT2D eigenvalue weighted by atomic mass is 9.51. The summed E-state index contributed by atoms with van der Waals surface area (Å²) in [6.45, 7) is 6.09. The van der Waals surface area contributed by atoms with Crippen LogP contribution in [0.5, 0.6) is 0 Å². The maximum Gasteiger partial charge on any atom is 0.0933 e. The normalized spacial score (nSPS) is 38.2. The second-order valence-electron chi connectivity index (χ2n) is 5.79. The minimum atomic E-state index is 0.238. The Morgan fingerprint density at radius 2 is 2.22 bits per heavy atom. The number of nitrogens with one attached hydrogen (secondary N) is 1. The molecule has 2 saturated carbocycles. The molecule has 0 amide bonds. The van der Waals surface area contributed by atoms with Crippen LogP contribution in [-0.4, -0.2) is 51.2 Å². The fourth-order valence-corrected chi connectivity index (χ4v) is 3.65. The first-order valence-electron chi connectivity index (χ1n) is 7.39. The third-order valence-electron chi connectivity index (χ3n) is 4.91. The van der Waals surface area contributed by atoms with Crippen molar-refractivity contribution in [1.29, 1.82) is 0 Å². The molecule has 3 rings (SSSR count). The van der Waals surface area contributed by atoms with Gasteiger partial charge in [-0.25, -0.2) is 0 Å². The molecule has 4 nitrogen and oxygen atoms in total. The molecule has 0 bridgehead atoms. The molecule has 3 unspecified atom stereocenters. The Morgan fingerprint density at radius 1 is 1.33 bits per heavy atom. The molecule has 0 aromatic carbocycles. The second kappa shape index (κ2) is 5.45. The number of rotatable bonds is 5. The van der Waals surface area contributed by atoms with Crippen LogP contribution in [0.3, 0.4) is 0 Å². The van der Waals surface area contributed by atoms with Crippen molar-refractivity contribution < 1.29 is 14.2 Å². The summed E-state index contributed by atoms with van der Waals surface area (Å²) in [5, 5.41) is 3.68. The predicted molar refractivity (Wildman–Crippen MR) is 68.7 cm³/mol. The first-order chi connectivity index (χ1) is 8.85. The highest BCUT2D eigenvalue weighted by atomic mass is 16.6. The Hall–Kier alpha value is -0.160. The first-order valence-corrected chi connectivity index (χ1v) is 7.39. The highest BCUT2D eigenvalue weighted by Crippen LogP contribution is 2.57. The van der Waals surface area contributed by atoms with E-state index in [4.69, 9.17) is 14.2 Å². The van der Waals surface area contributed by atoms with E-state index in [1.165, 1.54) is 25.7 Å². The average molecular weight is 255 g/mol. The van der Waals surface area contributed by atoms with E-state index in [1.54, 1.807) is 0 Å². The standard InChI is InChI=1S/C14H25NO3/c1-2-17-13-8-12(14(13)4-3-5-14)15-9-11-10-16-6-7-18-11/h11-13,15H,2-10H2,1H3. The minimum Gasteiger partial charge on any atom is -0.378 e. The highest BCUT2D eigenvalue weighted by Gasteiger charge is 2.58. The van der Waals surface area contributed by atoms with E-state index in [0.717, 1.165) is 33.0 Å². The Morgan fingerprint density at radius 3 is 2.83 bits per heavy atom. The summed E-state index contributed by atoms with van der Waals surface area (Å²) in [7, 11) is 0. The van der Waals surface area contributed by atoms with Crippen molar-refractivity contribution in [1.82, 2.24) is 5.32 Å². The van der Waals surface area contributed by atoms with Crippen molar-refractivity contribution in [3.63, 3.8) is 0 Å². The van der Waals surface area contributed by atoms with E-state index < -0.39 is 0 Å². The van der Waals surface area contributed by atoms with Gasteiger partial charge in [0.05, 0.1) is 32.0 Å². The van der Waals surface area contributed by atoms with Crippen LogP contribution in [0, 0.1) is 5.41 Å². The zero-order valence-electron chi connectivity index (χ0n) is 11.3. The minimum absolute atomic E-state index is 0.238. The van der Waals surface area contributed by atoms with Crippen molar-refractivity contribution in [3.05, 3.63) is 0 Å². The maximum absolute atomic E-state index is 5.86. The van der Waals surface area contributed by atoms with Crippen LogP contribution in [0.15, 0.2) is 0 Å². The van der Waals surface area contributed by atoms with E-state index in [9.17, 15) is 0 Å². The molecule has 0 aromatic heterocycles. The Balaban J connectivity index is 1.46. The molecule has 1 heterocycles. The number of hydrogen-bond acceptors (Lipinski definition) is 4. The number of ether oxygens (including phenoxy) is 3. The number of hydrogen-bond donors (Lipinski definition) is 1. The van der Waals surface area contributed by atoms with Crippen LogP contribution in [0.4, 0.5) is 0 Å². The first kappa shape index (κ1) is 12.9. The van der Waals surface area contributed by atoms with Gasteiger partial charge in [-0.15, -0.1) is 0 Å². The van der Waals surface area contributed by atoms with E-state index in [0.29, 0.717) is 17.6 Å². The molecule has 0 aromatic rings. The molecule has 1 N–H and O–H groups in total. The molecule has 2 aliphatic carbocycles. The van der Waals surface area contributed by atoms with E-state index in [1.807, 2.05) is 0 Å². The highest BCUT2D eigenvalue weighted by molar-refractivity contribution is 5.12. The van der Waals surface area contributed by atoms with Gasteiger partial charge in [0.1, 0.15) is 0 Å². The molecule has 4 heteroatoms. The largest absolute Gasteiger partial charge is 0.378 e. The molecule has 1 aliphatic heterocycles. The Labute approximate surface area is 109 Å². The molecular formula is C14H25NO3. The van der Waals surface area contributed by atoms with Gasteiger partial charge in [-0.3, -0.25) is 0 Å². The summed E-state index contributed by atoms with van der Waals surface area (Å²) in [5.41, 5.74) is 0.450. The zero-order chi connectivity index (χ0) is 12.4. The molecule has 1 spiro atoms. The zero-order valence-corrected chi connectivity index (χ0v) is 11.3. The van der Waals surface area contributed by atoms with Gasteiger partial charge in [0, 0.05) is 24.6 Å². The monoisotopic (exact) mass is 255 g/mol. The van der Waals surface area contributed by atoms with Crippen LogP contribution >= 0.6 is 0 Å². The smallest absolute Gasteiger partial charge is 0.0933 e. The van der Waals surface area contributed by atoms with Gasteiger partial charge in [0.2, 0.25) is 0 Å². The van der Waals surface area contributed by atoms with Crippen molar-refractivity contribution in [3.8, 4) is 0 Å². The summed E-state index contributed by atoms with van der Waals surface area (Å²) in [4.78, 5) is 0. The summed E-state index contributed by atoms with van der Waals surface area (Å²) < 4.78 is 17.0. The van der Waals surface area contributed by atoms with Crippen molar-refractivity contribution in [2.24, 2.45) is 5.41 Å². The molecule has 104 valence electrons. The lowest BCUT2D eigenvalue weighted by Crippen LogP contribution is -2.67. The summed E-state index contributed by atoms with van der Waals surface area (Å²) in [6.07, 6.45) is 5.93. The third-order valence-corrected chi connectivity index (χ3v) is 4.91. The lowest BCUT2D eigenvalue weighted by Gasteiger charge is -2.61. The van der Waals surface area contributed by atoms with E-state index in [2.05, 4.69) is 12.2 Å². The molecule has 3 fully saturated rings. The Bertz CT molecular complexity index is 274. The second-order valence-corrected chi connectivity index (χ2v) is 5.79. The van der Waals surface area contributed by atoms with Gasteiger partial charge < -0.3 is 19.5 Å². The predicted octanol–water partition coefficient (Wildman–Crippen LogP) is 1.34. The quantitative estimate of drug-likeness (QED) is 0.805. The van der Waals surface area contributed by atoms with Gasteiger partial charge in [-0.05, 0) is 26.2 Å². The summed E-state index contributed by atoms with van der Waals surface area (Å²) in [6, 6.07) is 0.633. The molecule has 3 aliphatic rings. The lowest BCUT2D eigenvalue weighted by molar-refractivity contribution is -0.176.